The van der Waals surface area contributed by atoms with E-state index in [0.29, 0.717) is 12.1 Å². The zero-order chi connectivity index (χ0) is 17.7. The molecule has 3 aromatic rings. The van der Waals surface area contributed by atoms with Crippen molar-refractivity contribution in [2.75, 3.05) is 6.54 Å². The fourth-order valence-electron chi connectivity index (χ4n) is 3.01. The van der Waals surface area contributed by atoms with Gasteiger partial charge in [-0.1, -0.05) is 72.3 Å². The van der Waals surface area contributed by atoms with E-state index in [0.717, 1.165) is 12.1 Å². The molecule has 0 aliphatic rings. The topological polar surface area (TPSA) is 36.8 Å². The fraction of sp³-hybridized carbons (Fsp3) is 0.182. The Hall–Kier alpha value is -2.49. The van der Waals surface area contributed by atoms with Gasteiger partial charge in [0.1, 0.15) is 18.9 Å². The van der Waals surface area contributed by atoms with Gasteiger partial charge in [-0.25, -0.2) is 4.39 Å². The van der Waals surface area contributed by atoms with Gasteiger partial charge in [0.15, 0.2) is 5.60 Å². The minimum absolute atomic E-state index is 0.303. The Labute approximate surface area is 148 Å². The summed E-state index contributed by atoms with van der Waals surface area (Å²) in [6.07, 6.45) is 0. The summed E-state index contributed by atoms with van der Waals surface area (Å²) in [5.74, 6) is -0.303. The first kappa shape index (κ1) is 17.3. The standard InChI is InChI=1S/C22H22FNO/c1-17-7-9-18(10-8-17)15-24-16-22(25,19-5-3-2-4-6-19)20-11-13-21(23)14-12-20/h2-14,24-25H,15-16H2,1H3/p+1/t22-/m1/s1. The Morgan fingerprint density at radius 3 is 2.08 bits per heavy atom. The molecule has 1 atom stereocenters. The van der Waals surface area contributed by atoms with Gasteiger partial charge in [-0.3, -0.25) is 0 Å². The predicted molar refractivity (Wildman–Crippen MR) is 97.5 cm³/mol. The molecule has 3 rings (SSSR count). The van der Waals surface area contributed by atoms with Crippen molar-refractivity contribution < 1.29 is 14.8 Å². The summed E-state index contributed by atoms with van der Waals surface area (Å²) in [4.78, 5) is 0. The van der Waals surface area contributed by atoms with Gasteiger partial charge in [0.25, 0.3) is 0 Å². The highest BCUT2D eigenvalue weighted by Gasteiger charge is 2.33. The molecular formula is C22H23FNO+. The molecule has 3 N–H and O–H groups in total. The van der Waals surface area contributed by atoms with Crippen molar-refractivity contribution in [3.05, 3.63) is 107 Å². The normalized spacial score (nSPS) is 13.4. The summed E-state index contributed by atoms with van der Waals surface area (Å²) in [6, 6.07) is 24.0. The zero-order valence-electron chi connectivity index (χ0n) is 14.3. The van der Waals surface area contributed by atoms with Crippen LogP contribution in [-0.4, -0.2) is 11.7 Å². The molecule has 0 bridgehead atoms. The molecule has 0 spiro atoms. The summed E-state index contributed by atoms with van der Waals surface area (Å²) in [7, 11) is 0. The number of hydrogen-bond donors (Lipinski definition) is 2. The van der Waals surface area contributed by atoms with Crippen molar-refractivity contribution in [3.63, 3.8) is 0 Å². The second-order valence-electron chi connectivity index (χ2n) is 6.42. The lowest BCUT2D eigenvalue weighted by molar-refractivity contribution is -0.682. The number of benzene rings is 3. The molecule has 3 aromatic carbocycles. The van der Waals surface area contributed by atoms with Crippen LogP contribution in [0.1, 0.15) is 22.3 Å². The van der Waals surface area contributed by atoms with Gasteiger partial charge < -0.3 is 10.4 Å². The molecule has 0 aromatic heterocycles. The number of rotatable bonds is 6. The van der Waals surface area contributed by atoms with Crippen LogP contribution < -0.4 is 5.32 Å². The molecule has 3 heteroatoms. The van der Waals surface area contributed by atoms with E-state index in [1.54, 1.807) is 12.1 Å². The summed E-state index contributed by atoms with van der Waals surface area (Å²) < 4.78 is 13.3. The average Bonchev–Trinajstić information content (AvgIpc) is 2.64. The van der Waals surface area contributed by atoms with E-state index >= 15 is 0 Å². The van der Waals surface area contributed by atoms with Crippen LogP contribution >= 0.6 is 0 Å². The maximum Gasteiger partial charge on any atom is 0.163 e. The Bertz CT molecular complexity index is 800. The zero-order valence-corrected chi connectivity index (χ0v) is 14.3. The van der Waals surface area contributed by atoms with Crippen molar-refractivity contribution in [1.82, 2.24) is 0 Å². The monoisotopic (exact) mass is 336 g/mol. The largest absolute Gasteiger partial charge is 0.375 e. The molecule has 128 valence electrons. The van der Waals surface area contributed by atoms with Crippen LogP contribution in [0.2, 0.25) is 0 Å². The van der Waals surface area contributed by atoms with Gasteiger partial charge in [-0.15, -0.1) is 0 Å². The Morgan fingerprint density at radius 1 is 0.840 bits per heavy atom. The number of aryl methyl sites for hydroxylation is 1. The molecule has 0 heterocycles. The van der Waals surface area contributed by atoms with E-state index in [4.69, 9.17) is 0 Å². The van der Waals surface area contributed by atoms with Crippen LogP contribution in [0.25, 0.3) is 0 Å². The molecule has 0 amide bonds. The summed E-state index contributed by atoms with van der Waals surface area (Å²) in [5, 5.41) is 13.5. The quantitative estimate of drug-likeness (QED) is 0.713. The molecule has 0 saturated carbocycles. The molecule has 2 nitrogen and oxygen atoms in total. The Morgan fingerprint density at radius 2 is 1.44 bits per heavy atom. The van der Waals surface area contributed by atoms with Crippen molar-refractivity contribution in [3.8, 4) is 0 Å². The Balaban J connectivity index is 1.81. The molecule has 25 heavy (non-hydrogen) atoms. The van der Waals surface area contributed by atoms with Gasteiger partial charge in [0.05, 0.1) is 0 Å². The lowest BCUT2D eigenvalue weighted by Crippen LogP contribution is -2.86. The van der Waals surface area contributed by atoms with Crippen LogP contribution in [0.4, 0.5) is 4.39 Å². The first-order valence-corrected chi connectivity index (χ1v) is 8.49. The van der Waals surface area contributed by atoms with E-state index in [9.17, 15) is 9.50 Å². The van der Waals surface area contributed by atoms with Crippen LogP contribution in [0.3, 0.4) is 0 Å². The smallest absolute Gasteiger partial charge is 0.163 e. The van der Waals surface area contributed by atoms with Crippen LogP contribution in [0, 0.1) is 12.7 Å². The van der Waals surface area contributed by atoms with Gasteiger partial charge in [0, 0.05) is 5.56 Å². The molecular weight excluding hydrogens is 313 g/mol. The molecule has 0 radical (unpaired) electrons. The molecule has 0 unspecified atom stereocenters. The van der Waals surface area contributed by atoms with Crippen molar-refractivity contribution in [2.45, 2.75) is 19.1 Å². The number of quaternary nitrogens is 1. The molecule has 0 aliphatic heterocycles. The van der Waals surface area contributed by atoms with E-state index in [-0.39, 0.29) is 5.82 Å². The lowest BCUT2D eigenvalue weighted by Gasteiger charge is -2.27. The Kier molecular flexibility index (Phi) is 5.27. The maximum absolute atomic E-state index is 13.3. The predicted octanol–water partition coefficient (Wildman–Crippen LogP) is 3.13. The highest BCUT2D eigenvalue weighted by Crippen LogP contribution is 2.28. The highest BCUT2D eigenvalue weighted by atomic mass is 19.1. The van der Waals surface area contributed by atoms with Crippen molar-refractivity contribution >= 4 is 0 Å². The first-order valence-electron chi connectivity index (χ1n) is 8.49. The highest BCUT2D eigenvalue weighted by molar-refractivity contribution is 5.36. The van der Waals surface area contributed by atoms with Crippen LogP contribution in [0.15, 0.2) is 78.9 Å². The minimum atomic E-state index is -1.17. The number of aliphatic hydroxyl groups is 1. The minimum Gasteiger partial charge on any atom is -0.375 e. The first-order chi connectivity index (χ1) is 12.1. The molecule has 0 fully saturated rings. The van der Waals surface area contributed by atoms with Gasteiger partial charge in [-0.05, 0) is 30.2 Å². The molecule has 0 saturated heterocycles. The summed E-state index contributed by atoms with van der Waals surface area (Å²) in [5.41, 5.74) is 2.78. The van der Waals surface area contributed by atoms with Gasteiger partial charge >= 0.3 is 0 Å². The maximum atomic E-state index is 13.3. The van der Waals surface area contributed by atoms with E-state index in [2.05, 4.69) is 36.5 Å². The SMILES string of the molecule is Cc1ccc(C[NH2+]C[C@@](O)(c2ccccc2)c2ccc(F)cc2)cc1. The number of nitrogens with two attached hydrogens (primary N) is 1. The van der Waals surface area contributed by atoms with Crippen LogP contribution in [0.5, 0.6) is 0 Å². The van der Waals surface area contributed by atoms with E-state index in [1.807, 2.05) is 30.3 Å². The average molecular weight is 336 g/mol. The number of hydrogen-bond acceptors (Lipinski definition) is 1. The van der Waals surface area contributed by atoms with E-state index in [1.165, 1.54) is 23.3 Å². The third kappa shape index (κ3) is 4.13. The second kappa shape index (κ2) is 7.60. The van der Waals surface area contributed by atoms with Gasteiger partial charge in [-0.2, -0.15) is 0 Å². The summed E-state index contributed by atoms with van der Waals surface area (Å²) >= 11 is 0. The third-order valence-electron chi connectivity index (χ3n) is 4.51. The fourth-order valence-corrected chi connectivity index (χ4v) is 3.01. The van der Waals surface area contributed by atoms with Crippen LogP contribution in [-0.2, 0) is 12.1 Å². The van der Waals surface area contributed by atoms with E-state index < -0.39 is 5.60 Å². The third-order valence-corrected chi connectivity index (χ3v) is 4.51. The number of halogens is 1. The molecule has 0 aliphatic carbocycles. The van der Waals surface area contributed by atoms with Crippen molar-refractivity contribution in [1.29, 1.82) is 0 Å². The summed E-state index contributed by atoms with van der Waals surface area (Å²) in [6.45, 7) is 3.29. The second-order valence-corrected chi connectivity index (χ2v) is 6.42. The van der Waals surface area contributed by atoms with Crippen molar-refractivity contribution in [2.24, 2.45) is 0 Å². The van der Waals surface area contributed by atoms with Gasteiger partial charge in [0.2, 0.25) is 0 Å². The lowest BCUT2D eigenvalue weighted by atomic mass is 9.86.